The Kier molecular flexibility index (Phi) is 5.03. The summed E-state index contributed by atoms with van der Waals surface area (Å²) < 4.78 is 60.5. The minimum atomic E-state index is -4.17. The van der Waals surface area contributed by atoms with Gasteiger partial charge >= 0.3 is 6.18 Å². The number of hydrogen-bond acceptors (Lipinski definition) is 5. The Hall–Kier alpha value is -2.81. The molecule has 1 aliphatic rings. The van der Waals surface area contributed by atoms with Crippen molar-refractivity contribution in [3.8, 4) is 11.3 Å². The van der Waals surface area contributed by atoms with Gasteiger partial charge in [-0.15, -0.1) is 0 Å². The van der Waals surface area contributed by atoms with Crippen LogP contribution >= 0.6 is 0 Å². The van der Waals surface area contributed by atoms with Crippen molar-refractivity contribution in [3.05, 3.63) is 42.5 Å². The highest BCUT2D eigenvalue weighted by atomic mass is 19.4. The minimum Gasteiger partial charge on any atom is -0.303 e. The molecule has 1 saturated heterocycles. The molecule has 0 bridgehead atoms. The molecule has 0 amide bonds. The molecule has 1 aliphatic heterocycles. The summed E-state index contributed by atoms with van der Waals surface area (Å²) in [6, 6.07) is 5.31. The average Bonchev–Trinajstić information content (AvgIpc) is 3.28. The summed E-state index contributed by atoms with van der Waals surface area (Å²) in [4.78, 5) is 23.5. The first-order valence-corrected chi connectivity index (χ1v) is 10.1. The third-order valence-corrected chi connectivity index (χ3v) is 5.62. The summed E-state index contributed by atoms with van der Waals surface area (Å²) in [6.45, 7) is -1.45. The van der Waals surface area contributed by atoms with Crippen molar-refractivity contribution in [2.24, 2.45) is 12.9 Å². The van der Waals surface area contributed by atoms with E-state index in [2.05, 4.69) is 15.1 Å². The van der Waals surface area contributed by atoms with Crippen LogP contribution in [0.25, 0.3) is 22.2 Å². The van der Waals surface area contributed by atoms with Crippen LogP contribution in [0.2, 0.25) is 0 Å². The number of pyridine rings is 2. The molecule has 4 heterocycles. The number of alkyl halides is 3. The van der Waals surface area contributed by atoms with Crippen LogP contribution in [0.15, 0.2) is 36.8 Å². The molecule has 1 fully saturated rings. The molecular weight excluding hydrogens is 407 g/mol. The number of carbonyl (C=O) groups excluding carboxylic acids is 1. The fourth-order valence-electron chi connectivity index (χ4n) is 3.86. The van der Waals surface area contributed by atoms with Gasteiger partial charge in [-0.25, -0.2) is 4.98 Å². The van der Waals surface area contributed by atoms with Gasteiger partial charge in [0.1, 0.15) is 5.78 Å². The summed E-state index contributed by atoms with van der Waals surface area (Å²) in [5.41, 5.74) is 2.31. The van der Waals surface area contributed by atoms with Crippen LogP contribution in [0, 0.1) is 5.92 Å². The topological polar surface area (TPSA) is 63.9 Å². The van der Waals surface area contributed by atoms with Crippen LogP contribution in [-0.4, -0.2) is 56.2 Å². The standard InChI is InChI=1S/C22H24F3N5O/c1-29-14-17(13-27-29)19-3-2-16-12-26-18(10-20(16)28-19)11-21(31)15-4-7-30(8-5-15)9-6-22(23,24)25/h2-3,10,12-15H,4-9,11H2,1H3/i1D3. The molecule has 0 atom stereocenters. The molecule has 0 radical (unpaired) electrons. The maximum atomic E-state index is 12.8. The Labute approximate surface area is 182 Å². The van der Waals surface area contributed by atoms with E-state index in [9.17, 15) is 18.0 Å². The molecule has 9 heteroatoms. The molecule has 0 aromatic carbocycles. The Morgan fingerprint density at radius 3 is 2.77 bits per heavy atom. The molecule has 4 rings (SSSR count). The summed E-state index contributed by atoms with van der Waals surface area (Å²) in [5.74, 6) is -0.165. The molecular formula is C22H24F3N5O. The van der Waals surface area contributed by atoms with Crippen molar-refractivity contribution in [2.75, 3.05) is 19.6 Å². The first kappa shape index (κ1) is 17.8. The molecule has 0 N–H and O–H groups in total. The highest BCUT2D eigenvalue weighted by Gasteiger charge is 2.30. The molecule has 3 aromatic heterocycles. The van der Waals surface area contributed by atoms with Crippen molar-refractivity contribution in [2.45, 2.75) is 31.9 Å². The van der Waals surface area contributed by atoms with Crippen LogP contribution in [0.4, 0.5) is 13.2 Å². The average molecular weight is 434 g/mol. The third kappa shape index (κ3) is 5.46. The van der Waals surface area contributed by atoms with Gasteiger partial charge in [0.15, 0.2) is 0 Å². The number of Topliss-reactive ketones (excluding diaryl/α,β-unsaturated/α-hetero) is 1. The zero-order chi connectivity index (χ0) is 24.5. The van der Waals surface area contributed by atoms with Crippen molar-refractivity contribution >= 4 is 16.7 Å². The van der Waals surface area contributed by atoms with Gasteiger partial charge in [0.05, 0.1) is 23.8 Å². The lowest BCUT2D eigenvalue weighted by Crippen LogP contribution is -2.38. The number of ketones is 1. The van der Waals surface area contributed by atoms with E-state index in [1.807, 2.05) is 6.07 Å². The minimum absolute atomic E-state index is 0.0254. The van der Waals surface area contributed by atoms with Gasteiger partial charge in [0.25, 0.3) is 0 Å². The fraction of sp³-hybridized carbons (Fsp3) is 0.455. The van der Waals surface area contributed by atoms with E-state index >= 15 is 0 Å². The molecule has 0 saturated carbocycles. The second-order valence-corrected chi connectivity index (χ2v) is 7.86. The Bertz CT molecular complexity index is 1170. The number of hydrogen-bond donors (Lipinski definition) is 0. The molecule has 6 nitrogen and oxygen atoms in total. The lowest BCUT2D eigenvalue weighted by Gasteiger charge is -2.31. The molecule has 0 unspecified atom stereocenters. The molecule has 164 valence electrons. The Balaban J connectivity index is 1.41. The lowest BCUT2D eigenvalue weighted by molar-refractivity contribution is -0.139. The van der Waals surface area contributed by atoms with E-state index in [-0.39, 0.29) is 24.7 Å². The largest absolute Gasteiger partial charge is 0.390 e. The Morgan fingerprint density at radius 2 is 2.06 bits per heavy atom. The maximum absolute atomic E-state index is 12.8. The quantitative estimate of drug-likeness (QED) is 0.591. The SMILES string of the molecule is [2H]C([2H])([2H])n1cc(-c2ccc3cnc(CC(=O)C4CCN(CCC(F)(F)F)CC4)cc3n2)cn1. The molecule has 3 aromatic rings. The van der Waals surface area contributed by atoms with Gasteiger partial charge in [-0.05, 0) is 44.1 Å². The maximum Gasteiger partial charge on any atom is 0.390 e. The monoisotopic (exact) mass is 434 g/mol. The number of halogens is 3. The highest BCUT2D eigenvalue weighted by Crippen LogP contribution is 2.25. The zero-order valence-corrected chi connectivity index (χ0v) is 16.8. The van der Waals surface area contributed by atoms with Crippen molar-refractivity contribution in [3.63, 3.8) is 0 Å². The normalized spacial score (nSPS) is 18.0. The Morgan fingerprint density at radius 1 is 1.26 bits per heavy atom. The van der Waals surface area contributed by atoms with E-state index in [4.69, 9.17) is 4.11 Å². The van der Waals surface area contributed by atoms with E-state index in [1.165, 1.54) is 12.4 Å². The van der Waals surface area contributed by atoms with Crippen molar-refractivity contribution in [1.82, 2.24) is 24.6 Å². The second-order valence-electron chi connectivity index (χ2n) is 7.86. The smallest absolute Gasteiger partial charge is 0.303 e. The van der Waals surface area contributed by atoms with Crippen LogP contribution < -0.4 is 0 Å². The number of likely N-dealkylation sites (tertiary alicyclic amines) is 1. The number of rotatable bonds is 6. The van der Waals surface area contributed by atoms with Crippen LogP contribution in [0.5, 0.6) is 0 Å². The van der Waals surface area contributed by atoms with Crippen molar-refractivity contribution in [1.29, 1.82) is 0 Å². The number of aryl methyl sites for hydroxylation is 1. The third-order valence-electron chi connectivity index (χ3n) is 5.62. The zero-order valence-electron chi connectivity index (χ0n) is 19.8. The molecule has 0 aliphatic carbocycles. The fourth-order valence-corrected chi connectivity index (χ4v) is 3.86. The van der Waals surface area contributed by atoms with Crippen molar-refractivity contribution < 1.29 is 22.1 Å². The predicted molar refractivity (Wildman–Crippen MR) is 110 cm³/mol. The van der Waals surface area contributed by atoms with E-state index in [0.717, 1.165) is 10.1 Å². The lowest BCUT2D eigenvalue weighted by atomic mass is 9.90. The van der Waals surface area contributed by atoms with Crippen LogP contribution in [-0.2, 0) is 18.2 Å². The van der Waals surface area contributed by atoms with Crippen LogP contribution in [0.3, 0.4) is 0 Å². The van der Waals surface area contributed by atoms with E-state index < -0.39 is 19.6 Å². The summed E-state index contributed by atoms with van der Waals surface area (Å²) in [6.07, 6.45) is 0.699. The predicted octanol–water partition coefficient (Wildman–Crippen LogP) is 3.81. The van der Waals surface area contributed by atoms with Gasteiger partial charge in [0, 0.05) is 59.0 Å². The van der Waals surface area contributed by atoms with Gasteiger partial charge in [-0.2, -0.15) is 18.3 Å². The highest BCUT2D eigenvalue weighted by molar-refractivity contribution is 5.85. The summed E-state index contributed by atoms with van der Waals surface area (Å²) in [7, 11) is 0. The first-order valence-electron chi connectivity index (χ1n) is 11.6. The molecule has 0 spiro atoms. The van der Waals surface area contributed by atoms with E-state index in [1.54, 1.807) is 23.2 Å². The van der Waals surface area contributed by atoms with E-state index in [0.29, 0.717) is 48.4 Å². The number of aromatic nitrogens is 4. The number of fused-ring (bicyclic) bond motifs is 1. The van der Waals surface area contributed by atoms with Gasteiger partial charge in [0.2, 0.25) is 0 Å². The second kappa shape index (κ2) is 8.74. The van der Waals surface area contributed by atoms with Gasteiger partial charge in [-0.3, -0.25) is 14.5 Å². The summed E-state index contributed by atoms with van der Waals surface area (Å²) >= 11 is 0. The molecule has 31 heavy (non-hydrogen) atoms. The number of carbonyl (C=O) groups is 1. The first-order chi connectivity index (χ1) is 16.0. The number of nitrogens with zero attached hydrogens (tertiary/aromatic N) is 5. The number of piperidine rings is 1. The van der Waals surface area contributed by atoms with Crippen LogP contribution in [0.1, 0.15) is 29.1 Å². The van der Waals surface area contributed by atoms with Gasteiger partial charge in [-0.1, -0.05) is 0 Å². The van der Waals surface area contributed by atoms with Gasteiger partial charge < -0.3 is 4.90 Å². The summed E-state index contributed by atoms with van der Waals surface area (Å²) in [5, 5.41) is 4.66.